The molecule has 35 heavy (non-hydrogen) atoms. The highest BCUT2D eigenvalue weighted by atomic mass is 35.5. The molecule has 180 valence electrons. The summed E-state index contributed by atoms with van der Waals surface area (Å²) in [6, 6.07) is 7.67. The number of allylic oxidation sites excluding steroid dienone is 1. The van der Waals surface area contributed by atoms with Gasteiger partial charge in [0.15, 0.2) is 28.2 Å². The summed E-state index contributed by atoms with van der Waals surface area (Å²) in [4.78, 5) is 31.9. The van der Waals surface area contributed by atoms with Gasteiger partial charge in [0.05, 0.1) is 37.5 Å². The zero-order valence-electron chi connectivity index (χ0n) is 19.2. The van der Waals surface area contributed by atoms with E-state index in [1.807, 2.05) is 6.92 Å². The van der Waals surface area contributed by atoms with E-state index in [9.17, 15) is 9.59 Å². The minimum atomic E-state index is -0.683. The van der Waals surface area contributed by atoms with E-state index in [0.29, 0.717) is 22.2 Å². The molecule has 0 fully saturated rings. The molecule has 1 amide bonds. The summed E-state index contributed by atoms with van der Waals surface area (Å²) < 4.78 is 21.3. The van der Waals surface area contributed by atoms with Crippen molar-refractivity contribution in [3.05, 3.63) is 63.2 Å². The third-order valence-electron chi connectivity index (χ3n) is 5.07. The molecule has 9 nitrogen and oxygen atoms in total. The molecule has 0 saturated carbocycles. The first-order chi connectivity index (χ1) is 16.7. The average molecular weight is 514 g/mol. The Balaban J connectivity index is 1.64. The normalized spacial score (nSPS) is 16.0. The van der Waals surface area contributed by atoms with Crippen LogP contribution in [0.25, 0.3) is 6.08 Å². The molecule has 0 saturated heterocycles. The van der Waals surface area contributed by atoms with Crippen LogP contribution < -0.4 is 18.9 Å². The summed E-state index contributed by atoms with van der Waals surface area (Å²) in [5.41, 5.74) is 0.777. The van der Waals surface area contributed by atoms with Gasteiger partial charge in [0.1, 0.15) is 5.84 Å². The number of thioether (sulfide) groups is 1. The predicted octanol–water partition coefficient (Wildman–Crippen LogP) is 4.75. The highest BCUT2D eigenvalue weighted by Gasteiger charge is 2.33. The van der Waals surface area contributed by atoms with Crippen LogP contribution in [-0.2, 0) is 4.79 Å². The number of amides is 1. The molecular formula is C24H20ClN3O6S. The summed E-state index contributed by atoms with van der Waals surface area (Å²) in [6.07, 6.45) is 3.24. The van der Waals surface area contributed by atoms with Crippen LogP contribution in [0.1, 0.15) is 22.8 Å². The standard InChI is InChI=1S/C24H20ClN3O6S/c1-12-11-28-21(26)15(22(29)27-24(28)35-12)7-13-8-16(25)20(19(9-13)33-4)34-23(30)14-5-6-17(31-2)18(10-14)32-3/h5-11,26H,1-4H3. The molecule has 2 aliphatic rings. The van der Waals surface area contributed by atoms with Crippen LogP contribution in [0.2, 0.25) is 5.02 Å². The molecule has 2 aliphatic heterocycles. The van der Waals surface area contributed by atoms with Gasteiger partial charge in [0, 0.05) is 11.1 Å². The molecule has 11 heteroatoms. The predicted molar refractivity (Wildman–Crippen MR) is 134 cm³/mol. The molecule has 2 heterocycles. The highest BCUT2D eigenvalue weighted by molar-refractivity contribution is 8.17. The summed E-state index contributed by atoms with van der Waals surface area (Å²) in [5.74, 6) is -0.194. The minimum absolute atomic E-state index is 0.00315. The van der Waals surface area contributed by atoms with Gasteiger partial charge in [-0.2, -0.15) is 4.99 Å². The van der Waals surface area contributed by atoms with Crippen LogP contribution in [-0.4, -0.2) is 49.1 Å². The van der Waals surface area contributed by atoms with E-state index in [0.717, 1.165) is 4.91 Å². The lowest BCUT2D eigenvalue weighted by Gasteiger charge is -2.22. The molecule has 0 spiro atoms. The number of benzene rings is 2. The van der Waals surface area contributed by atoms with Crippen molar-refractivity contribution in [2.24, 2.45) is 4.99 Å². The van der Waals surface area contributed by atoms with Crippen LogP contribution in [0.4, 0.5) is 0 Å². The molecule has 4 rings (SSSR count). The number of nitrogens with one attached hydrogen (secondary N) is 1. The fraction of sp³-hybridized carbons (Fsp3) is 0.167. The quantitative estimate of drug-likeness (QED) is 0.334. The number of aliphatic imine (C=N–C) groups is 1. The number of hydrogen-bond acceptors (Lipinski definition) is 8. The van der Waals surface area contributed by atoms with Gasteiger partial charge >= 0.3 is 5.97 Å². The fourth-order valence-corrected chi connectivity index (χ4v) is 4.48. The largest absolute Gasteiger partial charge is 0.493 e. The minimum Gasteiger partial charge on any atom is -0.493 e. The van der Waals surface area contributed by atoms with Gasteiger partial charge < -0.3 is 18.9 Å². The Morgan fingerprint density at radius 2 is 1.80 bits per heavy atom. The van der Waals surface area contributed by atoms with E-state index in [1.165, 1.54) is 57.4 Å². The first-order valence-electron chi connectivity index (χ1n) is 10.2. The molecular weight excluding hydrogens is 494 g/mol. The first-order valence-corrected chi connectivity index (χ1v) is 11.4. The van der Waals surface area contributed by atoms with Crippen LogP contribution >= 0.6 is 23.4 Å². The van der Waals surface area contributed by atoms with E-state index in [1.54, 1.807) is 23.2 Å². The number of carbonyl (C=O) groups is 2. The number of carbonyl (C=O) groups excluding carboxylic acids is 2. The first kappa shape index (κ1) is 24.4. The Labute approximate surface area is 210 Å². The van der Waals surface area contributed by atoms with Gasteiger partial charge in [-0.25, -0.2) is 4.79 Å². The lowest BCUT2D eigenvalue weighted by Crippen LogP contribution is -2.35. The number of ether oxygens (including phenoxy) is 4. The lowest BCUT2D eigenvalue weighted by molar-refractivity contribution is -0.114. The fourth-order valence-electron chi connectivity index (χ4n) is 3.41. The Bertz CT molecular complexity index is 1350. The summed E-state index contributed by atoms with van der Waals surface area (Å²) in [6.45, 7) is 1.87. The molecule has 0 aromatic heterocycles. The SMILES string of the molecule is COc1ccc(C(=O)Oc2c(Cl)cc(C=C3C(=N)N4C=C(C)SC4=NC3=O)cc2OC)cc1OC. The third kappa shape index (κ3) is 4.75. The molecule has 0 atom stereocenters. The maximum Gasteiger partial charge on any atom is 0.343 e. The van der Waals surface area contributed by atoms with Crippen molar-refractivity contribution in [1.29, 1.82) is 5.41 Å². The number of hydrogen-bond donors (Lipinski definition) is 1. The molecule has 0 radical (unpaired) electrons. The molecule has 2 aromatic rings. The second-order valence-electron chi connectivity index (χ2n) is 7.31. The molecule has 1 N–H and O–H groups in total. The van der Waals surface area contributed by atoms with Gasteiger partial charge in [-0.1, -0.05) is 23.4 Å². The summed E-state index contributed by atoms with van der Waals surface area (Å²) in [7, 11) is 4.35. The van der Waals surface area contributed by atoms with Crippen LogP contribution in [0.5, 0.6) is 23.0 Å². The van der Waals surface area contributed by atoms with E-state index in [4.69, 9.17) is 36.0 Å². The van der Waals surface area contributed by atoms with Crippen molar-refractivity contribution in [2.45, 2.75) is 6.92 Å². The Morgan fingerprint density at radius 1 is 1.09 bits per heavy atom. The van der Waals surface area contributed by atoms with Gasteiger partial charge in [-0.3, -0.25) is 15.1 Å². The maximum atomic E-state index is 12.8. The van der Waals surface area contributed by atoms with Crippen LogP contribution in [0.15, 0.2) is 52.0 Å². The van der Waals surface area contributed by atoms with Gasteiger partial charge in [0.25, 0.3) is 5.91 Å². The topological polar surface area (TPSA) is 111 Å². The Morgan fingerprint density at radius 3 is 2.49 bits per heavy atom. The average Bonchev–Trinajstić information content (AvgIpc) is 3.22. The van der Waals surface area contributed by atoms with E-state index in [2.05, 4.69) is 4.99 Å². The van der Waals surface area contributed by atoms with Crippen molar-refractivity contribution in [1.82, 2.24) is 4.90 Å². The van der Waals surface area contributed by atoms with E-state index >= 15 is 0 Å². The van der Waals surface area contributed by atoms with Crippen molar-refractivity contribution >= 4 is 52.3 Å². The second-order valence-corrected chi connectivity index (χ2v) is 8.93. The lowest BCUT2D eigenvalue weighted by atomic mass is 10.1. The van der Waals surface area contributed by atoms with Crippen LogP contribution in [0, 0.1) is 5.41 Å². The number of fused-ring (bicyclic) bond motifs is 1. The number of rotatable bonds is 6. The number of nitrogens with zero attached hydrogens (tertiary/aromatic N) is 2. The monoisotopic (exact) mass is 513 g/mol. The Kier molecular flexibility index (Phi) is 6.86. The van der Waals surface area contributed by atoms with Crippen molar-refractivity contribution < 1.29 is 28.5 Å². The Hall–Kier alpha value is -3.76. The van der Waals surface area contributed by atoms with Gasteiger partial charge in [-0.05, 0) is 48.9 Å². The molecule has 0 aliphatic carbocycles. The van der Waals surface area contributed by atoms with Crippen LogP contribution in [0.3, 0.4) is 0 Å². The van der Waals surface area contributed by atoms with Crippen molar-refractivity contribution in [3.8, 4) is 23.0 Å². The van der Waals surface area contributed by atoms with Gasteiger partial charge in [0.2, 0.25) is 0 Å². The molecule has 2 aromatic carbocycles. The second kappa shape index (κ2) is 9.85. The van der Waals surface area contributed by atoms with E-state index in [-0.39, 0.29) is 33.5 Å². The number of esters is 1. The number of amidine groups is 2. The highest BCUT2D eigenvalue weighted by Crippen LogP contribution is 2.39. The maximum absolute atomic E-state index is 12.8. The van der Waals surface area contributed by atoms with Crippen molar-refractivity contribution in [3.63, 3.8) is 0 Å². The zero-order valence-corrected chi connectivity index (χ0v) is 20.7. The smallest absolute Gasteiger partial charge is 0.343 e. The van der Waals surface area contributed by atoms with Gasteiger partial charge in [-0.15, -0.1) is 0 Å². The molecule has 0 unspecified atom stereocenters. The number of halogens is 1. The third-order valence-corrected chi connectivity index (χ3v) is 6.25. The zero-order chi connectivity index (χ0) is 25.3. The summed E-state index contributed by atoms with van der Waals surface area (Å²) in [5, 5.41) is 8.96. The summed E-state index contributed by atoms with van der Waals surface area (Å²) >= 11 is 7.76. The number of methoxy groups -OCH3 is 3. The molecule has 0 bridgehead atoms. The van der Waals surface area contributed by atoms with Crippen molar-refractivity contribution in [2.75, 3.05) is 21.3 Å². The van der Waals surface area contributed by atoms with E-state index < -0.39 is 11.9 Å².